The second-order valence-electron chi connectivity index (χ2n) is 4.95. The number of Topliss-reactive ketones (excluding diaryl/α,β-unsaturated/α-hetero) is 1. The van der Waals surface area contributed by atoms with E-state index in [4.69, 9.17) is 6.42 Å². The fourth-order valence-corrected chi connectivity index (χ4v) is 3.39. The van der Waals surface area contributed by atoms with Gasteiger partial charge in [-0.05, 0) is 25.0 Å². The number of aromatic nitrogens is 1. The Kier molecular flexibility index (Phi) is 9.81. The van der Waals surface area contributed by atoms with Crippen LogP contribution in [0.2, 0.25) is 0 Å². The zero-order valence-corrected chi connectivity index (χ0v) is 15.8. The van der Waals surface area contributed by atoms with Gasteiger partial charge in [0.15, 0.2) is 5.78 Å². The van der Waals surface area contributed by atoms with Crippen molar-refractivity contribution in [1.82, 2.24) is 4.98 Å². The third kappa shape index (κ3) is 7.16. The van der Waals surface area contributed by atoms with E-state index in [-0.39, 0.29) is 5.78 Å². The molecule has 0 saturated heterocycles. The van der Waals surface area contributed by atoms with E-state index in [1.54, 1.807) is 47.7 Å². The number of rotatable bonds is 11. The summed E-state index contributed by atoms with van der Waals surface area (Å²) in [4.78, 5) is 22.7. The predicted octanol–water partition coefficient (Wildman–Crippen LogP) is 3.53. The van der Waals surface area contributed by atoms with Gasteiger partial charge in [0, 0.05) is 25.3 Å². The van der Waals surface area contributed by atoms with E-state index in [2.05, 4.69) is 22.5 Å². The minimum absolute atomic E-state index is 0.199. The maximum absolute atomic E-state index is 12.1. The average Bonchev–Trinajstić information content (AvgIpc) is 2.93. The minimum Gasteiger partial charge on any atom is -0.343 e. The molecule has 4 nitrogen and oxygen atoms in total. The van der Waals surface area contributed by atoms with E-state index < -0.39 is 0 Å². The highest BCUT2D eigenvalue weighted by molar-refractivity contribution is 7.98. The van der Waals surface area contributed by atoms with Crippen LogP contribution in [0.25, 0.3) is 0 Å². The van der Waals surface area contributed by atoms with Crippen molar-refractivity contribution in [2.24, 2.45) is 4.99 Å². The molecule has 0 aliphatic heterocycles. The van der Waals surface area contributed by atoms with E-state index in [1.165, 1.54) is 0 Å². The van der Waals surface area contributed by atoms with Crippen LogP contribution in [-0.2, 0) is 11.2 Å². The van der Waals surface area contributed by atoms with Crippen LogP contribution in [0.3, 0.4) is 0 Å². The number of hydrogen-bond acceptors (Lipinski definition) is 6. The molecule has 0 bridgehead atoms. The number of anilines is 1. The number of ketones is 1. The predicted molar refractivity (Wildman–Crippen MR) is 107 cm³/mol. The van der Waals surface area contributed by atoms with Gasteiger partial charge in [-0.15, -0.1) is 17.8 Å². The lowest BCUT2D eigenvalue weighted by atomic mass is 10.3. The molecule has 0 amide bonds. The molecule has 0 atom stereocenters. The van der Waals surface area contributed by atoms with Gasteiger partial charge in [-0.3, -0.25) is 9.79 Å². The number of thiazole rings is 1. The monoisotopic (exact) mass is 361 g/mol. The molecule has 0 radical (unpaired) electrons. The fraction of sp³-hybridized carbons (Fsp3) is 0.389. The zero-order valence-electron chi connectivity index (χ0n) is 14.2. The van der Waals surface area contributed by atoms with Crippen LogP contribution in [0.5, 0.6) is 0 Å². The van der Waals surface area contributed by atoms with E-state index in [0.29, 0.717) is 25.9 Å². The molecule has 0 N–H and O–H groups in total. The van der Waals surface area contributed by atoms with E-state index in [1.807, 2.05) is 18.1 Å². The van der Waals surface area contributed by atoms with Crippen molar-refractivity contribution >= 4 is 40.1 Å². The summed E-state index contributed by atoms with van der Waals surface area (Å²) in [6.07, 6.45) is 15.6. The van der Waals surface area contributed by atoms with Gasteiger partial charge in [-0.1, -0.05) is 18.6 Å². The van der Waals surface area contributed by atoms with Crippen molar-refractivity contribution in [3.05, 3.63) is 35.6 Å². The van der Waals surface area contributed by atoms with Gasteiger partial charge in [-0.25, -0.2) is 4.98 Å². The minimum atomic E-state index is 0.199. The standard InChI is InChI=1S/C18H23N3OS2/c1-5-7-10-19-11-8-17-20-15(3)18(24-17)21(12-6-2)14-16(22)9-13-23-4/h2,5,7,10-11H,1,8-9,12-14H2,3-4H3/b10-7-,19-11-. The van der Waals surface area contributed by atoms with Crippen molar-refractivity contribution in [2.45, 2.75) is 19.8 Å². The highest BCUT2D eigenvalue weighted by Gasteiger charge is 2.16. The van der Waals surface area contributed by atoms with Gasteiger partial charge >= 0.3 is 0 Å². The van der Waals surface area contributed by atoms with Crippen LogP contribution in [-0.4, -0.2) is 42.1 Å². The Morgan fingerprint density at radius 3 is 3.04 bits per heavy atom. The molecule has 1 aromatic heterocycles. The molecule has 0 spiro atoms. The summed E-state index contributed by atoms with van der Waals surface area (Å²) in [6, 6.07) is 0. The van der Waals surface area contributed by atoms with Gasteiger partial charge in [0.1, 0.15) is 10.0 Å². The lowest BCUT2D eigenvalue weighted by Gasteiger charge is -2.20. The van der Waals surface area contributed by atoms with Crippen molar-refractivity contribution in [2.75, 3.05) is 30.0 Å². The van der Waals surface area contributed by atoms with Gasteiger partial charge in [0.25, 0.3) is 0 Å². The van der Waals surface area contributed by atoms with Gasteiger partial charge < -0.3 is 4.90 Å². The Morgan fingerprint density at radius 2 is 2.38 bits per heavy atom. The first-order chi connectivity index (χ1) is 11.6. The smallest absolute Gasteiger partial charge is 0.152 e. The summed E-state index contributed by atoms with van der Waals surface area (Å²) < 4.78 is 0. The van der Waals surface area contributed by atoms with E-state index in [0.717, 1.165) is 21.5 Å². The molecule has 24 heavy (non-hydrogen) atoms. The van der Waals surface area contributed by atoms with Gasteiger partial charge in [0.05, 0.1) is 18.8 Å². The molecule has 6 heteroatoms. The molecule has 1 aromatic rings. The van der Waals surface area contributed by atoms with Crippen LogP contribution in [0.4, 0.5) is 5.00 Å². The third-order valence-electron chi connectivity index (χ3n) is 3.02. The van der Waals surface area contributed by atoms with Crippen molar-refractivity contribution in [3.63, 3.8) is 0 Å². The average molecular weight is 362 g/mol. The lowest BCUT2D eigenvalue weighted by Crippen LogP contribution is -2.30. The van der Waals surface area contributed by atoms with E-state index >= 15 is 0 Å². The number of aryl methyl sites for hydroxylation is 1. The van der Waals surface area contributed by atoms with Crippen molar-refractivity contribution in [3.8, 4) is 12.3 Å². The largest absolute Gasteiger partial charge is 0.343 e. The van der Waals surface area contributed by atoms with Crippen LogP contribution in [0.1, 0.15) is 17.1 Å². The summed E-state index contributed by atoms with van der Waals surface area (Å²) >= 11 is 3.24. The molecule has 0 saturated carbocycles. The number of allylic oxidation sites excluding steroid dienone is 2. The Balaban J connectivity index is 2.78. The Morgan fingerprint density at radius 1 is 1.58 bits per heavy atom. The lowest BCUT2D eigenvalue weighted by molar-refractivity contribution is -0.117. The van der Waals surface area contributed by atoms with Crippen LogP contribution in [0, 0.1) is 19.3 Å². The molecule has 1 rings (SSSR count). The summed E-state index contributed by atoms with van der Waals surface area (Å²) in [5.41, 5.74) is 0.901. The number of hydrogen-bond donors (Lipinski definition) is 0. The Labute approximate surface area is 152 Å². The van der Waals surface area contributed by atoms with Crippen molar-refractivity contribution in [1.29, 1.82) is 0 Å². The molecule has 0 aliphatic carbocycles. The molecular weight excluding hydrogens is 338 g/mol. The summed E-state index contributed by atoms with van der Waals surface area (Å²) in [7, 11) is 0. The molecule has 1 heterocycles. The quantitative estimate of drug-likeness (QED) is 0.344. The third-order valence-corrected chi connectivity index (χ3v) is 4.87. The number of thioether (sulfide) groups is 1. The molecule has 0 unspecified atom stereocenters. The number of nitrogens with zero attached hydrogens (tertiary/aromatic N) is 3. The number of carbonyl (C=O) groups is 1. The van der Waals surface area contributed by atoms with Crippen molar-refractivity contribution < 1.29 is 4.79 Å². The summed E-state index contributed by atoms with van der Waals surface area (Å²) in [5.74, 6) is 3.67. The van der Waals surface area contributed by atoms with Crippen LogP contribution >= 0.6 is 23.1 Å². The fourth-order valence-electron chi connectivity index (χ4n) is 1.94. The highest BCUT2D eigenvalue weighted by atomic mass is 32.2. The first kappa shape index (κ1) is 20.2. The maximum Gasteiger partial charge on any atom is 0.152 e. The first-order valence-electron chi connectivity index (χ1n) is 7.57. The number of aliphatic imine (C=N–C) groups is 1. The topological polar surface area (TPSA) is 45.6 Å². The number of terminal acetylenes is 1. The molecule has 128 valence electrons. The summed E-state index contributed by atoms with van der Waals surface area (Å²) in [6.45, 7) is 6.28. The second-order valence-corrected chi connectivity index (χ2v) is 7.00. The second kappa shape index (κ2) is 11.7. The zero-order chi connectivity index (χ0) is 17.8. The molecule has 0 aliphatic rings. The number of carbonyl (C=O) groups excluding carboxylic acids is 1. The molecular formula is C18H23N3OS2. The SMILES string of the molecule is C#CCN(CC(=O)CCSC)c1sc(C/C=N\C=C/C=C)nc1C. The Bertz CT molecular complexity index is 641. The molecule has 0 aromatic carbocycles. The van der Waals surface area contributed by atoms with Gasteiger partial charge in [-0.2, -0.15) is 11.8 Å². The van der Waals surface area contributed by atoms with Crippen LogP contribution < -0.4 is 4.90 Å². The maximum atomic E-state index is 12.1. The van der Waals surface area contributed by atoms with E-state index in [9.17, 15) is 4.79 Å². The first-order valence-corrected chi connectivity index (χ1v) is 9.78. The van der Waals surface area contributed by atoms with Crippen LogP contribution in [0.15, 0.2) is 29.9 Å². The molecule has 0 fully saturated rings. The summed E-state index contributed by atoms with van der Waals surface area (Å²) in [5, 5.41) is 1.92. The Hall–Kier alpha value is -1.84. The van der Waals surface area contributed by atoms with Gasteiger partial charge in [0.2, 0.25) is 0 Å². The normalized spacial score (nSPS) is 11.0. The highest BCUT2D eigenvalue weighted by Crippen LogP contribution is 2.28.